The molecule has 0 aromatic carbocycles. The molecule has 3 atom stereocenters. The third-order valence-corrected chi connectivity index (χ3v) is 9.16. The van der Waals surface area contributed by atoms with Gasteiger partial charge in [-0.15, -0.1) is 0 Å². The Hall–Kier alpha value is -1.16. The molecule has 0 saturated heterocycles. The Kier molecular flexibility index (Phi) is 33.8. The lowest BCUT2D eigenvalue weighted by Gasteiger charge is -2.13. The van der Waals surface area contributed by atoms with Crippen molar-refractivity contribution in [3.8, 4) is 0 Å². The van der Waals surface area contributed by atoms with Crippen molar-refractivity contribution in [2.75, 3.05) is 6.61 Å². The van der Waals surface area contributed by atoms with Crippen molar-refractivity contribution in [3.63, 3.8) is 0 Å². The summed E-state index contributed by atoms with van der Waals surface area (Å²) in [4.78, 5) is 23.9. The van der Waals surface area contributed by atoms with Crippen LogP contribution in [0.15, 0.2) is 12.2 Å². The largest absolute Gasteiger partial charge is 0.394 e. The summed E-state index contributed by atoms with van der Waals surface area (Å²) in [5, 5.41) is 55.5. The summed E-state index contributed by atoms with van der Waals surface area (Å²) in [5.74, 6) is -0.00585. The third-order valence-electron chi connectivity index (χ3n) is 9.16. The lowest BCUT2D eigenvalue weighted by Crippen LogP contribution is -2.36. The predicted octanol–water partition coefficient (Wildman–Crippen LogP) is 7.77. The summed E-state index contributed by atoms with van der Waals surface area (Å²) in [5.41, 5.74) is 0. The van der Waals surface area contributed by atoms with E-state index in [2.05, 4.69) is 12.2 Å². The summed E-state index contributed by atoms with van der Waals surface area (Å²) in [7, 11) is 0. The van der Waals surface area contributed by atoms with Gasteiger partial charge in [-0.25, -0.2) is 0 Å². The van der Waals surface area contributed by atoms with Crippen molar-refractivity contribution in [2.24, 2.45) is 0 Å². The Labute approximate surface area is 287 Å². The van der Waals surface area contributed by atoms with E-state index >= 15 is 0 Å². The van der Waals surface area contributed by atoms with Crippen molar-refractivity contribution < 1.29 is 40.2 Å². The fourth-order valence-corrected chi connectivity index (χ4v) is 5.99. The molecule has 0 aliphatic heterocycles. The van der Waals surface area contributed by atoms with E-state index in [0.29, 0.717) is 31.5 Å². The fraction of sp³-hybridized carbons (Fsp3) is 0.897. The number of rotatable bonds is 37. The minimum Gasteiger partial charge on any atom is -0.394 e. The number of unbranched alkanes of at least 4 members (excludes halogenated alkanes) is 21. The van der Waals surface area contributed by atoms with Crippen molar-refractivity contribution in [3.05, 3.63) is 12.2 Å². The first kappa shape index (κ1) is 45.8. The van der Waals surface area contributed by atoms with Crippen LogP contribution in [0, 0.1) is 0 Å². The zero-order valence-corrected chi connectivity index (χ0v) is 29.9. The maximum Gasteiger partial charge on any atom is 0.164 e. The van der Waals surface area contributed by atoms with Gasteiger partial charge in [0.25, 0.3) is 0 Å². The van der Waals surface area contributed by atoms with Gasteiger partial charge < -0.3 is 30.6 Å². The summed E-state index contributed by atoms with van der Waals surface area (Å²) >= 11 is 0. The molecule has 6 N–H and O–H groups in total. The molecular formula is C39H74O8. The molecule has 0 rings (SSSR count). The Morgan fingerprint density at radius 1 is 0.468 bits per heavy atom. The molecule has 47 heavy (non-hydrogen) atoms. The minimum absolute atomic E-state index is 0.223. The molecule has 0 aromatic rings. The molecule has 0 aliphatic rings. The van der Waals surface area contributed by atoms with Crippen LogP contribution in [0.25, 0.3) is 0 Å². The number of aliphatic hydroxyl groups is 6. The van der Waals surface area contributed by atoms with Crippen LogP contribution in [0.3, 0.4) is 0 Å². The topological polar surface area (TPSA) is 156 Å². The molecule has 8 nitrogen and oxygen atoms in total. The zero-order chi connectivity index (χ0) is 34.8. The normalized spacial score (nSPS) is 13.9. The number of aliphatic hydroxyl groups excluding tert-OH is 5. The second-order valence-corrected chi connectivity index (χ2v) is 13.8. The first-order valence-corrected chi connectivity index (χ1v) is 19.5. The van der Waals surface area contributed by atoms with Gasteiger partial charge in [-0.3, -0.25) is 9.59 Å². The highest BCUT2D eigenvalue weighted by Crippen LogP contribution is 2.16. The molecule has 278 valence electrons. The SMILES string of the molecule is O=C(CCCCCCCCCCCCCCCCC(O)O)CCCCCC[C@@H](O)C/C=C\CCCCCCCC(=O)C(O)C(O)CO. The standard InChI is InChI=1S/C39H74O8/c40-33-37(44)39(47)36(43)31-25-17-13-10-9-12-16-22-28-35(42)30-24-20-19-23-29-34(41)27-21-15-11-7-5-3-1-2-4-6-8-14-18-26-32-38(45)46/h16,22,35,37-40,42,44-47H,1-15,17-21,23-33H2/b22-16-/t35-,37?,39?/m0/s1. The lowest BCUT2D eigenvalue weighted by molar-refractivity contribution is -0.134. The van der Waals surface area contributed by atoms with Crippen LogP contribution in [0.2, 0.25) is 0 Å². The molecule has 0 spiro atoms. The second-order valence-electron chi connectivity index (χ2n) is 13.8. The molecule has 0 saturated carbocycles. The monoisotopic (exact) mass is 671 g/mol. The number of hydrogen-bond donors (Lipinski definition) is 6. The maximum absolute atomic E-state index is 12.2. The fourth-order valence-electron chi connectivity index (χ4n) is 5.99. The molecule has 2 unspecified atom stereocenters. The van der Waals surface area contributed by atoms with Crippen molar-refractivity contribution >= 4 is 11.6 Å². The number of carbonyl (C=O) groups is 2. The van der Waals surface area contributed by atoms with E-state index in [-0.39, 0.29) is 12.5 Å². The highest BCUT2D eigenvalue weighted by atomic mass is 16.5. The van der Waals surface area contributed by atoms with Gasteiger partial charge in [0, 0.05) is 19.3 Å². The molecule has 0 radical (unpaired) electrons. The van der Waals surface area contributed by atoms with E-state index in [0.717, 1.165) is 89.9 Å². The molecule has 0 fully saturated rings. The van der Waals surface area contributed by atoms with Gasteiger partial charge in [-0.05, 0) is 57.8 Å². The average Bonchev–Trinajstić information content (AvgIpc) is 3.05. The van der Waals surface area contributed by atoms with Crippen molar-refractivity contribution in [1.29, 1.82) is 0 Å². The predicted molar refractivity (Wildman–Crippen MR) is 191 cm³/mol. The summed E-state index contributed by atoms with van der Waals surface area (Å²) in [6, 6.07) is 0. The van der Waals surface area contributed by atoms with Gasteiger partial charge >= 0.3 is 0 Å². The number of hydrogen-bond acceptors (Lipinski definition) is 8. The van der Waals surface area contributed by atoms with Crippen LogP contribution < -0.4 is 0 Å². The van der Waals surface area contributed by atoms with Gasteiger partial charge in [0.15, 0.2) is 12.1 Å². The van der Waals surface area contributed by atoms with Crippen molar-refractivity contribution in [1.82, 2.24) is 0 Å². The second kappa shape index (κ2) is 34.7. The van der Waals surface area contributed by atoms with Gasteiger partial charge in [0.1, 0.15) is 18.0 Å². The molecule has 0 heterocycles. The maximum atomic E-state index is 12.2. The first-order chi connectivity index (χ1) is 22.8. The van der Waals surface area contributed by atoms with Gasteiger partial charge in [0.2, 0.25) is 0 Å². The Bertz CT molecular complexity index is 726. The summed E-state index contributed by atoms with van der Waals surface area (Å²) in [6.45, 7) is -0.616. The number of allylic oxidation sites excluding steroid dienone is 1. The Morgan fingerprint density at radius 2 is 0.872 bits per heavy atom. The minimum atomic E-state index is -1.49. The van der Waals surface area contributed by atoms with Crippen LogP contribution in [0.1, 0.15) is 193 Å². The molecule has 0 aromatic heterocycles. The van der Waals surface area contributed by atoms with Crippen LogP contribution in [0.4, 0.5) is 0 Å². The van der Waals surface area contributed by atoms with E-state index in [1.54, 1.807) is 0 Å². The molecule has 0 amide bonds. The van der Waals surface area contributed by atoms with E-state index in [1.165, 1.54) is 70.6 Å². The molecule has 8 heteroatoms. The number of Topliss-reactive ketones (excluding diaryl/α,β-unsaturated/α-hetero) is 2. The van der Waals surface area contributed by atoms with E-state index in [9.17, 15) is 24.9 Å². The smallest absolute Gasteiger partial charge is 0.164 e. The average molecular weight is 671 g/mol. The molecular weight excluding hydrogens is 596 g/mol. The number of ketones is 2. The summed E-state index contributed by atoms with van der Waals surface area (Å²) in [6.07, 6.45) is 30.4. The van der Waals surface area contributed by atoms with E-state index in [1.807, 2.05) is 0 Å². The Balaban J connectivity index is 3.39. The van der Waals surface area contributed by atoms with Gasteiger partial charge in [0.05, 0.1) is 12.7 Å². The molecule has 0 aliphatic carbocycles. The first-order valence-electron chi connectivity index (χ1n) is 19.5. The zero-order valence-electron chi connectivity index (χ0n) is 29.9. The highest BCUT2D eigenvalue weighted by molar-refractivity contribution is 5.83. The lowest BCUT2D eigenvalue weighted by atomic mass is 10.0. The van der Waals surface area contributed by atoms with Crippen LogP contribution in [0.5, 0.6) is 0 Å². The van der Waals surface area contributed by atoms with Gasteiger partial charge in [-0.2, -0.15) is 0 Å². The highest BCUT2D eigenvalue weighted by Gasteiger charge is 2.22. The van der Waals surface area contributed by atoms with Crippen molar-refractivity contribution in [2.45, 2.75) is 217 Å². The number of carbonyl (C=O) groups excluding carboxylic acids is 2. The van der Waals surface area contributed by atoms with Gasteiger partial charge in [-0.1, -0.05) is 128 Å². The van der Waals surface area contributed by atoms with E-state index in [4.69, 9.17) is 15.3 Å². The summed E-state index contributed by atoms with van der Waals surface area (Å²) < 4.78 is 0. The molecule has 0 bridgehead atoms. The van der Waals surface area contributed by atoms with Crippen LogP contribution >= 0.6 is 0 Å². The quantitative estimate of drug-likeness (QED) is 0.0222. The van der Waals surface area contributed by atoms with E-state index < -0.39 is 30.9 Å². The van der Waals surface area contributed by atoms with Crippen LogP contribution in [-0.4, -0.2) is 73.4 Å². The van der Waals surface area contributed by atoms with Crippen LogP contribution in [-0.2, 0) is 9.59 Å². The third kappa shape index (κ3) is 33.1. The Morgan fingerprint density at radius 3 is 1.34 bits per heavy atom.